The molecule has 0 fully saturated rings. The second kappa shape index (κ2) is 7.99. The SMILES string of the molecule is O=C(NNS(=O)(=O)c1ccc([N+](=O)[O-])cc1)c1ccc(-c2ccccc2)cc1. The Morgan fingerprint density at radius 3 is 1.96 bits per heavy atom. The highest BCUT2D eigenvalue weighted by atomic mass is 32.2. The quantitative estimate of drug-likeness (QED) is 0.490. The maximum Gasteiger partial charge on any atom is 0.269 e. The lowest BCUT2D eigenvalue weighted by molar-refractivity contribution is -0.384. The first-order valence-corrected chi connectivity index (χ1v) is 9.57. The number of rotatable bonds is 6. The summed E-state index contributed by atoms with van der Waals surface area (Å²) in [6.07, 6.45) is 0. The third-order valence-corrected chi connectivity index (χ3v) is 5.17. The molecule has 0 aliphatic heterocycles. The molecule has 3 aromatic rings. The van der Waals surface area contributed by atoms with Crippen molar-refractivity contribution in [3.8, 4) is 11.1 Å². The van der Waals surface area contributed by atoms with Gasteiger partial charge in [0, 0.05) is 17.7 Å². The van der Waals surface area contributed by atoms with E-state index in [1.54, 1.807) is 24.3 Å². The van der Waals surface area contributed by atoms with Gasteiger partial charge in [-0.3, -0.25) is 20.3 Å². The topological polar surface area (TPSA) is 118 Å². The summed E-state index contributed by atoms with van der Waals surface area (Å²) in [6, 6.07) is 20.6. The van der Waals surface area contributed by atoms with Gasteiger partial charge in [0.15, 0.2) is 0 Å². The smallest absolute Gasteiger partial charge is 0.269 e. The minimum absolute atomic E-state index is 0.210. The summed E-state index contributed by atoms with van der Waals surface area (Å²) in [7, 11) is -4.06. The maximum absolute atomic E-state index is 12.2. The lowest BCUT2D eigenvalue weighted by Crippen LogP contribution is -2.41. The minimum atomic E-state index is -4.06. The number of sulfonamides is 1. The molecule has 0 heterocycles. The van der Waals surface area contributed by atoms with E-state index in [0.717, 1.165) is 35.4 Å². The van der Waals surface area contributed by atoms with Crippen LogP contribution in [0.25, 0.3) is 11.1 Å². The first-order chi connectivity index (χ1) is 13.4. The first kappa shape index (κ1) is 19.2. The average Bonchev–Trinajstić information content (AvgIpc) is 2.73. The zero-order chi connectivity index (χ0) is 20.1. The van der Waals surface area contributed by atoms with Gasteiger partial charge in [0.1, 0.15) is 0 Å². The first-order valence-electron chi connectivity index (χ1n) is 8.09. The minimum Gasteiger partial charge on any atom is -0.273 e. The molecule has 1 amide bonds. The molecule has 2 N–H and O–H groups in total. The van der Waals surface area contributed by atoms with Gasteiger partial charge in [0.25, 0.3) is 21.6 Å². The fourth-order valence-electron chi connectivity index (χ4n) is 2.44. The fraction of sp³-hybridized carbons (Fsp3) is 0. The molecule has 0 radical (unpaired) electrons. The van der Waals surface area contributed by atoms with Crippen molar-refractivity contribution in [1.82, 2.24) is 10.3 Å². The molecule has 0 saturated carbocycles. The van der Waals surface area contributed by atoms with Crippen LogP contribution < -0.4 is 10.3 Å². The van der Waals surface area contributed by atoms with Crippen LogP contribution in [0.3, 0.4) is 0 Å². The van der Waals surface area contributed by atoms with Crippen molar-refractivity contribution in [3.63, 3.8) is 0 Å². The van der Waals surface area contributed by atoms with Gasteiger partial charge in [-0.25, -0.2) is 8.42 Å². The van der Waals surface area contributed by atoms with Crippen LogP contribution in [0.15, 0.2) is 83.8 Å². The highest BCUT2D eigenvalue weighted by Gasteiger charge is 2.17. The number of nitro groups is 1. The van der Waals surface area contributed by atoms with Crippen molar-refractivity contribution in [2.45, 2.75) is 4.90 Å². The van der Waals surface area contributed by atoms with E-state index in [1.807, 2.05) is 35.2 Å². The van der Waals surface area contributed by atoms with Crippen LogP contribution in [0, 0.1) is 10.1 Å². The molecule has 0 bridgehead atoms. The molecule has 3 aromatic carbocycles. The van der Waals surface area contributed by atoms with E-state index >= 15 is 0 Å². The van der Waals surface area contributed by atoms with Gasteiger partial charge in [-0.1, -0.05) is 42.5 Å². The van der Waals surface area contributed by atoms with E-state index in [1.165, 1.54) is 0 Å². The van der Waals surface area contributed by atoms with Crippen LogP contribution in [-0.2, 0) is 10.0 Å². The number of carbonyl (C=O) groups is 1. The Hall–Kier alpha value is -3.56. The Morgan fingerprint density at radius 1 is 0.821 bits per heavy atom. The standard InChI is InChI=1S/C19H15N3O5S/c23-19(16-8-6-15(7-9-16)14-4-2-1-3-5-14)20-21-28(26,27)18-12-10-17(11-13-18)22(24)25/h1-13,21H,(H,20,23). The Bertz CT molecular complexity index is 1100. The molecule has 0 aliphatic rings. The molecule has 28 heavy (non-hydrogen) atoms. The largest absolute Gasteiger partial charge is 0.273 e. The average molecular weight is 397 g/mol. The van der Waals surface area contributed by atoms with Gasteiger partial charge in [-0.2, -0.15) is 0 Å². The number of nitro benzene ring substituents is 1. The van der Waals surface area contributed by atoms with E-state index < -0.39 is 20.9 Å². The van der Waals surface area contributed by atoms with Crippen LogP contribution in [0.4, 0.5) is 5.69 Å². The van der Waals surface area contributed by atoms with Crippen molar-refractivity contribution in [1.29, 1.82) is 0 Å². The van der Waals surface area contributed by atoms with Crippen LogP contribution in [0.5, 0.6) is 0 Å². The molecule has 0 unspecified atom stereocenters. The predicted molar refractivity (Wildman–Crippen MR) is 103 cm³/mol. The second-order valence-corrected chi connectivity index (χ2v) is 7.44. The van der Waals surface area contributed by atoms with Gasteiger partial charge in [-0.15, -0.1) is 4.83 Å². The molecule has 0 saturated heterocycles. The molecule has 8 nitrogen and oxygen atoms in total. The van der Waals surface area contributed by atoms with Gasteiger partial charge in [0.2, 0.25) is 0 Å². The highest BCUT2D eigenvalue weighted by molar-refractivity contribution is 7.89. The van der Waals surface area contributed by atoms with Crippen molar-refractivity contribution < 1.29 is 18.1 Å². The second-order valence-electron chi connectivity index (χ2n) is 5.75. The van der Waals surface area contributed by atoms with Gasteiger partial charge in [0.05, 0.1) is 9.82 Å². The zero-order valence-electron chi connectivity index (χ0n) is 14.4. The number of nitrogens with zero attached hydrogens (tertiary/aromatic N) is 1. The van der Waals surface area contributed by atoms with E-state index in [-0.39, 0.29) is 16.1 Å². The molecule has 0 aliphatic carbocycles. The zero-order valence-corrected chi connectivity index (χ0v) is 15.2. The van der Waals surface area contributed by atoms with E-state index in [4.69, 9.17) is 0 Å². The number of nitrogens with one attached hydrogen (secondary N) is 2. The van der Waals surface area contributed by atoms with E-state index in [0.29, 0.717) is 0 Å². The third kappa shape index (κ3) is 4.40. The van der Waals surface area contributed by atoms with Crippen molar-refractivity contribution in [3.05, 3.63) is 94.5 Å². The summed E-state index contributed by atoms with van der Waals surface area (Å²) >= 11 is 0. The number of amides is 1. The number of benzene rings is 3. The summed E-state index contributed by atoms with van der Waals surface area (Å²) < 4.78 is 24.4. The lowest BCUT2D eigenvalue weighted by Gasteiger charge is -2.09. The van der Waals surface area contributed by atoms with Crippen LogP contribution in [-0.4, -0.2) is 19.2 Å². The number of hydrazine groups is 1. The van der Waals surface area contributed by atoms with Crippen LogP contribution in [0.2, 0.25) is 0 Å². The summed E-state index contributed by atoms with van der Waals surface area (Å²) in [5.74, 6) is -0.634. The van der Waals surface area contributed by atoms with Gasteiger partial charge in [-0.05, 0) is 35.4 Å². The summed E-state index contributed by atoms with van der Waals surface area (Å²) in [4.78, 5) is 23.9. The third-order valence-electron chi connectivity index (χ3n) is 3.91. The number of hydrogen-bond donors (Lipinski definition) is 2. The van der Waals surface area contributed by atoms with E-state index in [9.17, 15) is 23.3 Å². The molecule has 9 heteroatoms. The lowest BCUT2D eigenvalue weighted by atomic mass is 10.0. The van der Waals surface area contributed by atoms with Crippen LogP contribution >= 0.6 is 0 Å². The molecule has 142 valence electrons. The Kier molecular flexibility index (Phi) is 5.48. The molecule has 3 rings (SSSR count). The van der Waals surface area contributed by atoms with Crippen molar-refractivity contribution >= 4 is 21.6 Å². The molecule has 0 aromatic heterocycles. The fourth-order valence-corrected chi connectivity index (χ4v) is 3.28. The number of carbonyl (C=O) groups excluding carboxylic acids is 1. The summed E-state index contributed by atoms with van der Waals surface area (Å²) in [6.45, 7) is 0. The summed E-state index contributed by atoms with van der Waals surface area (Å²) in [5, 5.41) is 10.6. The van der Waals surface area contributed by atoms with Crippen LogP contribution in [0.1, 0.15) is 10.4 Å². The van der Waals surface area contributed by atoms with E-state index in [2.05, 4.69) is 5.43 Å². The highest BCUT2D eigenvalue weighted by Crippen LogP contribution is 2.19. The monoisotopic (exact) mass is 397 g/mol. The summed E-state index contributed by atoms with van der Waals surface area (Å²) in [5.41, 5.74) is 4.07. The number of hydrogen-bond acceptors (Lipinski definition) is 5. The molecular weight excluding hydrogens is 382 g/mol. The number of non-ortho nitro benzene ring substituents is 1. The predicted octanol–water partition coefficient (Wildman–Crippen LogP) is 2.89. The molecule has 0 atom stereocenters. The van der Waals surface area contributed by atoms with Gasteiger partial charge >= 0.3 is 0 Å². The Labute approximate surface area is 161 Å². The van der Waals surface area contributed by atoms with Gasteiger partial charge < -0.3 is 0 Å². The normalized spacial score (nSPS) is 11.0. The molecule has 0 spiro atoms. The molecular formula is C19H15N3O5S. The van der Waals surface area contributed by atoms with Crippen molar-refractivity contribution in [2.75, 3.05) is 0 Å². The van der Waals surface area contributed by atoms with Crippen molar-refractivity contribution in [2.24, 2.45) is 0 Å². The maximum atomic E-state index is 12.2. The Balaban J connectivity index is 1.66. The Morgan fingerprint density at radius 2 is 1.39 bits per heavy atom.